The highest BCUT2D eigenvalue weighted by Gasteiger charge is 2.25. The summed E-state index contributed by atoms with van der Waals surface area (Å²) in [5.74, 6) is -0.482. The zero-order chi connectivity index (χ0) is 20.8. The fourth-order valence-electron chi connectivity index (χ4n) is 2.47. The highest BCUT2D eigenvalue weighted by molar-refractivity contribution is 7.13. The second kappa shape index (κ2) is 9.02. The molecule has 3 rings (SSSR count). The summed E-state index contributed by atoms with van der Waals surface area (Å²) in [6.07, 6.45) is 3.89. The van der Waals surface area contributed by atoms with Gasteiger partial charge in [-0.15, -0.1) is 11.3 Å². The number of rotatable bonds is 7. The van der Waals surface area contributed by atoms with Crippen molar-refractivity contribution in [3.05, 3.63) is 82.3 Å². The largest absolute Gasteiger partial charge is 0.445 e. The van der Waals surface area contributed by atoms with E-state index in [-0.39, 0.29) is 24.5 Å². The maximum absolute atomic E-state index is 13.4. The molecule has 0 spiro atoms. The summed E-state index contributed by atoms with van der Waals surface area (Å²) < 4.78 is 18.5. The maximum atomic E-state index is 13.4. The molecule has 0 aliphatic heterocycles. The number of thiazole rings is 1. The summed E-state index contributed by atoms with van der Waals surface area (Å²) in [5, 5.41) is 13.6. The van der Waals surface area contributed by atoms with Crippen molar-refractivity contribution in [1.82, 2.24) is 9.97 Å². The van der Waals surface area contributed by atoms with Crippen LogP contribution in [0.2, 0.25) is 0 Å². The van der Waals surface area contributed by atoms with E-state index in [4.69, 9.17) is 4.74 Å². The Morgan fingerprint density at radius 2 is 2.10 bits per heavy atom. The SMILES string of the molecule is C=CCOC(=O)N(Cc1ccc(F)cc1[N+](=O)[O-])c1csc(-c2ccncc2)n1. The normalized spacial score (nSPS) is 10.4. The number of nitro benzene ring substituents is 1. The first-order chi connectivity index (χ1) is 14.0. The van der Waals surface area contributed by atoms with Crippen LogP contribution in [0, 0.1) is 15.9 Å². The predicted octanol–water partition coefficient (Wildman–Crippen LogP) is 4.58. The number of anilines is 1. The Hall–Kier alpha value is -3.66. The van der Waals surface area contributed by atoms with E-state index in [9.17, 15) is 19.3 Å². The van der Waals surface area contributed by atoms with E-state index in [2.05, 4.69) is 16.5 Å². The van der Waals surface area contributed by atoms with Crippen molar-refractivity contribution in [2.75, 3.05) is 11.5 Å². The summed E-state index contributed by atoms with van der Waals surface area (Å²) in [6.45, 7) is 3.24. The third-order valence-electron chi connectivity index (χ3n) is 3.81. The van der Waals surface area contributed by atoms with Gasteiger partial charge < -0.3 is 4.74 Å². The molecule has 0 saturated carbocycles. The number of aromatic nitrogens is 2. The van der Waals surface area contributed by atoms with Gasteiger partial charge >= 0.3 is 6.09 Å². The number of ether oxygens (including phenoxy) is 1. The van der Waals surface area contributed by atoms with Gasteiger partial charge in [0.05, 0.1) is 17.5 Å². The second-order valence-electron chi connectivity index (χ2n) is 5.73. The number of carbonyl (C=O) groups is 1. The highest BCUT2D eigenvalue weighted by atomic mass is 32.1. The van der Waals surface area contributed by atoms with Crippen molar-refractivity contribution < 1.29 is 18.8 Å². The standard InChI is InChI=1S/C19H15FN4O4S/c1-2-9-28-19(25)23(11-14-3-4-15(20)10-16(14)24(26)27)17-12-29-18(22-17)13-5-7-21-8-6-13/h2-8,10,12H,1,9,11H2. The molecule has 29 heavy (non-hydrogen) atoms. The van der Waals surface area contributed by atoms with Crippen LogP contribution >= 0.6 is 11.3 Å². The topological polar surface area (TPSA) is 98.5 Å². The summed E-state index contributed by atoms with van der Waals surface area (Å²) in [4.78, 5) is 32.7. The first-order valence-electron chi connectivity index (χ1n) is 8.33. The van der Waals surface area contributed by atoms with Crippen LogP contribution in [0.25, 0.3) is 10.6 Å². The Balaban J connectivity index is 1.96. The van der Waals surface area contributed by atoms with Gasteiger partial charge in [0.15, 0.2) is 0 Å². The zero-order valence-corrected chi connectivity index (χ0v) is 15.8. The molecule has 8 nitrogen and oxygen atoms in total. The van der Waals surface area contributed by atoms with Gasteiger partial charge in [0.2, 0.25) is 0 Å². The number of hydrogen-bond acceptors (Lipinski definition) is 7. The van der Waals surface area contributed by atoms with E-state index in [0.717, 1.165) is 22.6 Å². The lowest BCUT2D eigenvalue weighted by Crippen LogP contribution is -2.31. The lowest BCUT2D eigenvalue weighted by atomic mass is 10.1. The van der Waals surface area contributed by atoms with Crippen LogP contribution in [-0.2, 0) is 11.3 Å². The summed E-state index contributed by atoms with van der Waals surface area (Å²) in [5.41, 5.74) is 0.518. The van der Waals surface area contributed by atoms with Crippen LogP contribution in [0.5, 0.6) is 0 Å². The average Bonchev–Trinajstić information content (AvgIpc) is 3.21. The fourth-order valence-corrected chi connectivity index (χ4v) is 3.29. The Bertz CT molecular complexity index is 1040. The summed E-state index contributed by atoms with van der Waals surface area (Å²) >= 11 is 1.29. The molecule has 0 aliphatic carbocycles. The van der Waals surface area contributed by atoms with Gasteiger partial charge in [-0.2, -0.15) is 0 Å². The third-order valence-corrected chi connectivity index (χ3v) is 4.69. The number of halogens is 1. The van der Waals surface area contributed by atoms with Crippen molar-refractivity contribution in [2.24, 2.45) is 0 Å². The van der Waals surface area contributed by atoms with Gasteiger partial charge in [-0.1, -0.05) is 12.7 Å². The van der Waals surface area contributed by atoms with Crippen molar-refractivity contribution in [1.29, 1.82) is 0 Å². The molecule has 2 aromatic heterocycles. The molecular weight excluding hydrogens is 399 g/mol. The van der Waals surface area contributed by atoms with E-state index in [1.165, 1.54) is 23.5 Å². The predicted molar refractivity (Wildman–Crippen MR) is 106 cm³/mol. The van der Waals surface area contributed by atoms with Gasteiger partial charge in [0.1, 0.15) is 23.2 Å². The number of carbonyl (C=O) groups excluding carboxylic acids is 1. The van der Waals surface area contributed by atoms with Gasteiger partial charge in [0.25, 0.3) is 5.69 Å². The maximum Gasteiger partial charge on any atom is 0.416 e. The lowest BCUT2D eigenvalue weighted by Gasteiger charge is -2.19. The molecule has 148 valence electrons. The minimum absolute atomic E-state index is 0.0395. The van der Waals surface area contributed by atoms with E-state index < -0.39 is 22.5 Å². The minimum Gasteiger partial charge on any atom is -0.445 e. The number of pyridine rings is 1. The quantitative estimate of drug-likeness (QED) is 0.319. The summed E-state index contributed by atoms with van der Waals surface area (Å²) in [7, 11) is 0. The number of amides is 1. The van der Waals surface area contributed by atoms with Crippen molar-refractivity contribution >= 4 is 28.9 Å². The fraction of sp³-hybridized carbons (Fsp3) is 0.105. The van der Waals surface area contributed by atoms with Crippen LogP contribution in [0.15, 0.2) is 60.8 Å². The van der Waals surface area contributed by atoms with E-state index in [0.29, 0.717) is 5.01 Å². The molecule has 0 unspecified atom stereocenters. The second-order valence-corrected chi connectivity index (χ2v) is 6.59. The third kappa shape index (κ3) is 4.79. The van der Waals surface area contributed by atoms with E-state index in [1.54, 1.807) is 29.9 Å². The number of benzene rings is 1. The number of nitrogens with zero attached hydrogens (tertiary/aromatic N) is 4. The molecule has 0 N–H and O–H groups in total. The number of hydrogen-bond donors (Lipinski definition) is 0. The number of nitro groups is 1. The first kappa shape index (κ1) is 20.1. The molecule has 3 aromatic rings. The molecule has 1 aromatic carbocycles. The van der Waals surface area contributed by atoms with Crippen LogP contribution in [0.1, 0.15) is 5.56 Å². The van der Waals surface area contributed by atoms with E-state index >= 15 is 0 Å². The molecule has 1 amide bonds. The van der Waals surface area contributed by atoms with Crippen LogP contribution in [-0.4, -0.2) is 27.6 Å². The van der Waals surface area contributed by atoms with Crippen molar-refractivity contribution in [2.45, 2.75) is 6.54 Å². The Labute approximate surface area is 169 Å². The van der Waals surface area contributed by atoms with Gasteiger partial charge in [-0.05, 0) is 24.3 Å². The molecule has 10 heteroatoms. The Morgan fingerprint density at radius 1 is 1.34 bits per heavy atom. The Kier molecular flexibility index (Phi) is 6.25. The van der Waals surface area contributed by atoms with Crippen molar-refractivity contribution in [3.63, 3.8) is 0 Å². The molecule has 2 heterocycles. The molecule has 0 bridgehead atoms. The van der Waals surface area contributed by atoms with Crippen LogP contribution in [0.4, 0.5) is 20.7 Å². The molecule has 0 atom stereocenters. The van der Waals surface area contributed by atoms with E-state index in [1.807, 2.05) is 0 Å². The summed E-state index contributed by atoms with van der Waals surface area (Å²) in [6, 6.07) is 6.71. The highest BCUT2D eigenvalue weighted by Crippen LogP contribution is 2.30. The van der Waals surface area contributed by atoms with Crippen LogP contribution < -0.4 is 4.90 Å². The minimum atomic E-state index is -0.755. The Morgan fingerprint density at radius 3 is 2.79 bits per heavy atom. The van der Waals surface area contributed by atoms with Gasteiger partial charge in [-0.3, -0.25) is 20.0 Å². The molecule has 0 saturated heterocycles. The van der Waals surface area contributed by atoms with Crippen molar-refractivity contribution in [3.8, 4) is 10.6 Å². The molecule has 0 fully saturated rings. The van der Waals surface area contributed by atoms with Crippen LogP contribution in [0.3, 0.4) is 0 Å². The monoisotopic (exact) mass is 414 g/mol. The smallest absolute Gasteiger partial charge is 0.416 e. The average molecular weight is 414 g/mol. The van der Waals surface area contributed by atoms with Gasteiger partial charge in [-0.25, -0.2) is 14.2 Å². The molecular formula is C19H15FN4O4S. The lowest BCUT2D eigenvalue weighted by molar-refractivity contribution is -0.385. The zero-order valence-electron chi connectivity index (χ0n) is 15.0. The van der Waals surface area contributed by atoms with Gasteiger partial charge in [0, 0.05) is 28.9 Å². The molecule has 0 radical (unpaired) electrons. The first-order valence-corrected chi connectivity index (χ1v) is 9.21. The molecule has 0 aliphatic rings.